The second-order valence-electron chi connectivity index (χ2n) is 6.44. The Morgan fingerprint density at radius 3 is 2.56 bits per heavy atom. The van der Waals surface area contributed by atoms with Gasteiger partial charge in [0.15, 0.2) is 5.96 Å². The lowest BCUT2D eigenvalue weighted by Gasteiger charge is -2.13. The van der Waals surface area contributed by atoms with Gasteiger partial charge in [-0.25, -0.2) is 0 Å². The highest BCUT2D eigenvalue weighted by Crippen LogP contribution is 2.24. The van der Waals surface area contributed by atoms with Gasteiger partial charge in [-0.2, -0.15) is 0 Å². The van der Waals surface area contributed by atoms with Crippen LogP contribution in [0.15, 0.2) is 23.2 Å². The quantitative estimate of drug-likeness (QED) is 0.202. The third-order valence-electron chi connectivity index (χ3n) is 3.69. The topological polar surface area (TPSA) is 64.1 Å². The van der Waals surface area contributed by atoms with Gasteiger partial charge in [0, 0.05) is 32.8 Å². The van der Waals surface area contributed by atoms with Crippen molar-refractivity contribution in [3.63, 3.8) is 0 Å². The van der Waals surface area contributed by atoms with Crippen molar-refractivity contribution in [3.8, 4) is 11.5 Å². The lowest BCUT2D eigenvalue weighted by molar-refractivity contribution is 0.109. The molecule has 0 amide bonds. The zero-order valence-electron chi connectivity index (χ0n) is 17.3. The minimum atomic E-state index is 0. The molecule has 0 aliphatic rings. The van der Waals surface area contributed by atoms with E-state index in [1.165, 1.54) is 0 Å². The Balaban J connectivity index is 0.00000676. The number of guanidine groups is 1. The van der Waals surface area contributed by atoms with Crippen LogP contribution < -0.4 is 20.1 Å². The summed E-state index contributed by atoms with van der Waals surface area (Å²) in [6.45, 7) is 10.3. The second-order valence-corrected chi connectivity index (χ2v) is 6.44. The summed E-state index contributed by atoms with van der Waals surface area (Å²) < 4.78 is 16.3. The zero-order valence-corrected chi connectivity index (χ0v) is 19.7. The molecule has 0 atom stereocenters. The molecule has 0 aliphatic heterocycles. The molecule has 0 heterocycles. The van der Waals surface area contributed by atoms with E-state index in [1.807, 2.05) is 18.2 Å². The first kappa shape index (κ1) is 25.8. The zero-order chi connectivity index (χ0) is 19.2. The van der Waals surface area contributed by atoms with Gasteiger partial charge in [0.05, 0.1) is 14.2 Å². The minimum absolute atomic E-state index is 0. The van der Waals surface area contributed by atoms with Crippen LogP contribution in [0.5, 0.6) is 11.5 Å². The maximum absolute atomic E-state index is 5.59. The molecule has 0 aromatic heterocycles. The van der Waals surface area contributed by atoms with Crippen LogP contribution in [0.2, 0.25) is 0 Å². The smallest absolute Gasteiger partial charge is 0.191 e. The summed E-state index contributed by atoms with van der Waals surface area (Å²) in [5, 5.41) is 6.64. The Morgan fingerprint density at radius 2 is 1.93 bits per heavy atom. The molecule has 27 heavy (non-hydrogen) atoms. The minimum Gasteiger partial charge on any atom is -0.497 e. The number of halogens is 1. The third kappa shape index (κ3) is 11.3. The Morgan fingerprint density at radius 1 is 1.15 bits per heavy atom. The van der Waals surface area contributed by atoms with Crippen LogP contribution in [0.3, 0.4) is 0 Å². The summed E-state index contributed by atoms with van der Waals surface area (Å²) in [7, 11) is 3.36. The van der Waals surface area contributed by atoms with Crippen LogP contribution >= 0.6 is 24.0 Å². The molecule has 6 nitrogen and oxygen atoms in total. The van der Waals surface area contributed by atoms with Crippen molar-refractivity contribution < 1.29 is 14.2 Å². The summed E-state index contributed by atoms with van der Waals surface area (Å²) in [5.41, 5.74) is 1.11. The van der Waals surface area contributed by atoms with Gasteiger partial charge in [-0.05, 0) is 49.4 Å². The number of ether oxygens (including phenoxy) is 3. The van der Waals surface area contributed by atoms with Crippen LogP contribution in [0.4, 0.5) is 0 Å². The molecule has 1 aromatic carbocycles. The Kier molecular flexibility index (Phi) is 15.1. The lowest BCUT2D eigenvalue weighted by Crippen LogP contribution is -2.38. The molecular weight excluding hydrogens is 457 g/mol. The summed E-state index contributed by atoms with van der Waals surface area (Å²) >= 11 is 0. The second kappa shape index (κ2) is 15.8. The van der Waals surface area contributed by atoms with Crippen molar-refractivity contribution in [3.05, 3.63) is 23.8 Å². The summed E-state index contributed by atoms with van der Waals surface area (Å²) in [6, 6.07) is 5.85. The number of hydrogen-bond donors (Lipinski definition) is 2. The molecule has 0 aliphatic carbocycles. The highest BCUT2D eigenvalue weighted by atomic mass is 127. The van der Waals surface area contributed by atoms with Gasteiger partial charge < -0.3 is 24.8 Å². The number of methoxy groups -OCH3 is 2. The van der Waals surface area contributed by atoms with Crippen molar-refractivity contribution in [1.82, 2.24) is 10.6 Å². The van der Waals surface area contributed by atoms with Crippen LogP contribution in [-0.4, -0.2) is 53.0 Å². The normalized spacial score (nSPS) is 11.1. The van der Waals surface area contributed by atoms with Gasteiger partial charge in [0.25, 0.3) is 0 Å². The molecule has 0 saturated heterocycles. The molecule has 1 rings (SSSR count). The van der Waals surface area contributed by atoms with Crippen molar-refractivity contribution in [1.29, 1.82) is 0 Å². The van der Waals surface area contributed by atoms with E-state index in [1.54, 1.807) is 14.2 Å². The first-order valence-electron chi connectivity index (χ1n) is 9.41. The van der Waals surface area contributed by atoms with E-state index in [0.717, 1.165) is 68.7 Å². The largest absolute Gasteiger partial charge is 0.497 e. The lowest BCUT2D eigenvalue weighted by atomic mass is 10.1. The predicted molar refractivity (Wildman–Crippen MR) is 123 cm³/mol. The summed E-state index contributed by atoms with van der Waals surface area (Å²) in [4.78, 5) is 4.60. The summed E-state index contributed by atoms with van der Waals surface area (Å²) in [6.07, 6.45) is 1.75. The van der Waals surface area contributed by atoms with Gasteiger partial charge in [-0.15, -0.1) is 24.0 Å². The maximum atomic E-state index is 5.59. The van der Waals surface area contributed by atoms with Gasteiger partial charge in [0.2, 0.25) is 0 Å². The fraction of sp³-hybridized carbons (Fsp3) is 0.650. The monoisotopic (exact) mass is 493 g/mol. The molecule has 156 valence electrons. The Labute approximate surface area is 181 Å². The van der Waals surface area contributed by atoms with Crippen molar-refractivity contribution >= 4 is 29.9 Å². The molecular formula is C20H36IN3O3. The predicted octanol–water partition coefficient (Wildman–Crippen LogP) is 3.48. The first-order chi connectivity index (χ1) is 12.6. The molecule has 0 fully saturated rings. The molecule has 0 spiro atoms. The number of nitrogens with one attached hydrogen (secondary N) is 2. The summed E-state index contributed by atoms with van der Waals surface area (Å²) in [5.74, 6) is 3.11. The number of aliphatic imine (C=N–C) groups is 1. The van der Waals surface area contributed by atoms with Crippen LogP contribution in [0, 0.1) is 5.92 Å². The van der Waals surface area contributed by atoms with Gasteiger partial charge >= 0.3 is 0 Å². The SMILES string of the molecule is CCNC(=NCCCOCC(C)C)NCCc1cc(OC)ccc1OC.I. The van der Waals surface area contributed by atoms with Crippen LogP contribution in [0.1, 0.15) is 32.8 Å². The van der Waals surface area contributed by atoms with Gasteiger partial charge in [-0.3, -0.25) is 4.99 Å². The van der Waals surface area contributed by atoms with E-state index in [2.05, 4.69) is 36.4 Å². The number of benzene rings is 1. The Bertz CT molecular complexity index is 539. The molecule has 0 saturated carbocycles. The van der Waals surface area contributed by atoms with E-state index in [9.17, 15) is 0 Å². The number of rotatable bonds is 12. The van der Waals surface area contributed by atoms with E-state index < -0.39 is 0 Å². The molecule has 0 radical (unpaired) electrons. The standard InChI is InChI=1S/C20H35N3O3.HI/c1-6-21-20(22-11-7-13-26-15-16(2)3)23-12-10-17-14-18(24-4)8-9-19(17)25-5;/h8-9,14,16H,6-7,10-13,15H2,1-5H3,(H2,21,22,23);1H. The molecule has 0 bridgehead atoms. The van der Waals surface area contributed by atoms with Gasteiger partial charge in [0.1, 0.15) is 11.5 Å². The van der Waals surface area contributed by atoms with Gasteiger partial charge in [-0.1, -0.05) is 13.8 Å². The molecule has 1 aromatic rings. The fourth-order valence-corrected chi connectivity index (χ4v) is 2.41. The van der Waals surface area contributed by atoms with E-state index in [4.69, 9.17) is 14.2 Å². The highest BCUT2D eigenvalue weighted by molar-refractivity contribution is 14.0. The fourth-order valence-electron chi connectivity index (χ4n) is 2.41. The van der Waals surface area contributed by atoms with Crippen molar-refractivity contribution in [2.45, 2.75) is 33.6 Å². The molecule has 0 unspecified atom stereocenters. The van der Waals surface area contributed by atoms with Crippen molar-refractivity contribution in [2.24, 2.45) is 10.9 Å². The highest BCUT2D eigenvalue weighted by Gasteiger charge is 2.05. The maximum Gasteiger partial charge on any atom is 0.191 e. The third-order valence-corrected chi connectivity index (χ3v) is 3.69. The Hall–Kier alpha value is -1.22. The molecule has 2 N–H and O–H groups in total. The molecule has 7 heteroatoms. The first-order valence-corrected chi connectivity index (χ1v) is 9.41. The number of nitrogens with zero attached hydrogens (tertiary/aromatic N) is 1. The number of hydrogen-bond acceptors (Lipinski definition) is 4. The van der Waals surface area contributed by atoms with Crippen molar-refractivity contribution in [2.75, 3.05) is 47.1 Å². The van der Waals surface area contributed by atoms with E-state index in [0.29, 0.717) is 5.92 Å². The average Bonchev–Trinajstić information content (AvgIpc) is 2.64. The average molecular weight is 493 g/mol. The van der Waals surface area contributed by atoms with E-state index in [-0.39, 0.29) is 24.0 Å². The van der Waals surface area contributed by atoms with Crippen LogP contribution in [-0.2, 0) is 11.2 Å². The van der Waals surface area contributed by atoms with E-state index >= 15 is 0 Å². The van der Waals surface area contributed by atoms with Crippen LogP contribution in [0.25, 0.3) is 0 Å².